The predicted octanol–water partition coefficient (Wildman–Crippen LogP) is 3.58. The summed E-state index contributed by atoms with van der Waals surface area (Å²) < 4.78 is 5.41. The van der Waals surface area contributed by atoms with Crippen LogP contribution < -0.4 is 10.5 Å². The summed E-state index contributed by atoms with van der Waals surface area (Å²) in [5, 5.41) is 0.829. The molecular weight excluding hydrogens is 234 g/mol. The molecule has 0 amide bonds. The van der Waals surface area contributed by atoms with Crippen molar-refractivity contribution in [2.75, 3.05) is 7.11 Å². The maximum absolute atomic E-state index is 6.28. The van der Waals surface area contributed by atoms with Crippen molar-refractivity contribution in [2.24, 2.45) is 5.73 Å². The van der Waals surface area contributed by atoms with Crippen LogP contribution in [0.4, 0.5) is 0 Å². The minimum absolute atomic E-state index is 0.112. The van der Waals surface area contributed by atoms with Gasteiger partial charge in [0.05, 0.1) is 7.11 Å². The first-order chi connectivity index (χ1) is 8.08. The molecule has 1 atom stereocenters. The van der Waals surface area contributed by atoms with Crippen LogP contribution in [0.25, 0.3) is 0 Å². The molecule has 3 heteroatoms. The van der Waals surface area contributed by atoms with Crippen molar-refractivity contribution in [1.29, 1.82) is 0 Å². The fourth-order valence-electron chi connectivity index (χ4n) is 1.89. The van der Waals surface area contributed by atoms with Crippen LogP contribution in [0, 0.1) is 0 Å². The van der Waals surface area contributed by atoms with Gasteiger partial charge in [-0.25, -0.2) is 0 Å². The molecular formula is C14H22ClNO. The van der Waals surface area contributed by atoms with E-state index in [0.717, 1.165) is 35.6 Å². The minimum Gasteiger partial charge on any atom is -0.496 e. The molecule has 1 aromatic carbocycles. The average molecular weight is 256 g/mol. The standard InChI is InChI=1S/C14H22ClNO/c1-4-5-6-11-9-14(17-3)12(7-10(2)16)8-13(11)15/h8-10H,4-7,16H2,1-3H3/t10-/m1/s1. The van der Waals surface area contributed by atoms with Gasteiger partial charge in [-0.2, -0.15) is 0 Å². The minimum atomic E-state index is 0.112. The molecule has 0 saturated carbocycles. The second-order valence-corrected chi connectivity index (χ2v) is 4.95. The molecule has 2 N–H and O–H groups in total. The van der Waals surface area contributed by atoms with Crippen LogP contribution in [0.2, 0.25) is 5.02 Å². The van der Waals surface area contributed by atoms with Gasteiger partial charge < -0.3 is 10.5 Å². The molecule has 2 nitrogen and oxygen atoms in total. The van der Waals surface area contributed by atoms with E-state index in [9.17, 15) is 0 Å². The van der Waals surface area contributed by atoms with Crippen LogP contribution in [0.1, 0.15) is 37.8 Å². The van der Waals surface area contributed by atoms with Crippen molar-refractivity contribution in [3.63, 3.8) is 0 Å². The van der Waals surface area contributed by atoms with Crippen molar-refractivity contribution in [3.05, 3.63) is 28.3 Å². The topological polar surface area (TPSA) is 35.2 Å². The summed E-state index contributed by atoms with van der Waals surface area (Å²) in [4.78, 5) is 0. The van der Waals surface area contributed by atoms with Gasteiger partial charge in [-0.1, -0.05) is 24.9 Å². The fraction of sp³-hybridized carbons (Fsp3) is 0.571. The molecule has 0 radical (unpaired) electrons. The van der Waals surface area contributed by atoms with Crippen LogP contribution in [-0.2, 0) is 12.8 Å². The second-order valence-electron chi connectivity index (χ2n) is 4.54. The lowest BCUT2D eigenvalue weighted by molar-refractivity contribution is 0.407. The Morgan fingerprint density at radius 2 is 2.06 bits per heavy atom. The van der Waals surface area contributed by atoms with E-state index in [4.69, 9.17) is 22.1 Å². The summed E-state index contributed by atoms with van der Waals surface area (Å²) in [6.07, 6.45) is 4.11. The number of hydrogen-bond acceptors (Lipinski definition) is 2. The van der Waals surface area contributed by atoms with Crippen LogP contribution in [0.15, 0.2) is 12.1 Å². The average Bonchev–Trinajstić information content (AvgIpc) is 2.27. The fourth-order valence-corrected chi connectivity index (χ4v) is 2.17. The molecule has 0 unspecified atom stereocenters. The Labute approximate surface area is 109 Å². The summed E-state index contributed by atoms with van der Waals surface area (Å²) in [6.45, 7) is 4.16. The molecule has 1 rings (SSSR count). The molecule has 0 aliphatic heterocycles. The molecule has 0 fully saturated rings. The Morgan fingerprint density at radius 3 is 2.59 bits per heavy atom. The van der Waals surface area contributed by atoms with Crippen LogP contribution in [-0.4, -0.2) is 13.2 Å². The first-order valence-electron chi connectivity index (χ1n) is 6.19. The smallest absolute Gasteiger partial charge is 0.122 e. The highest BCUT2D eigenvalue weighted by Crippen LogP contribution is 2.29. The number of rotatable bonds is 6. The van der Waals surface area contributed by atoms with Crippen molar-refractivity contribution in [2.45, 2.75) is 45.6 Å². The normalized spacial score (nSPS) is 12.5. The van der Waals surface area contributed by atoms with Gasteiger partial charge in [0.25, 0.3) is 0 Å². The number of nitrogens with two attached hydrogens (primary N) is 1. The van der Waals surface area contributed by atoms with Gasteiger partial charge in [-0.05, 0) is 49.4 Å². The van der Waals surface area contributed by atoms with E-state index < -0.39 is 0 Å². The van der Waals surface area contributed by atoms with Gasteiger partial charge in [0.2, 0.25) is 0 Å². The lowest BCUT2D eigenvalue weighted by atomic mass is 10.0. The van der Waals surface area contributed by atoms with Crippen LogP contribution in [0.3, 0.4) is 0 Å². The quantitative estimate of drug-likeness (QED) is 0.843. The van der Waals surface area contributed by atoms with Crippen molar-refractivity contribution >= 4 is 11.6 Å². The van der Waals surface area contributed by atoms with E-state index in [1.807, 2.05) is 13.0 Å². The zero-order chi connectivity index (χ0) is 12.8. The Morgan fingerprint density at radius 1 is 1.35 bits per heavy atom. The van der Waals surface area contributed by atoms with E-state index in [-0.39, 0.29) is 6.04 Å². The molecule has 17 heavy (non-hydrogen) atoms. The third-order valence-electron chi connectivity index (χ3n) is 2.79. The molecule has 0 aliphatic carbocycles. The number of benzene rings is 1. The van der Waals surface area contributed by atoms with Gasteiger partial charge in [0.1, 0.15) is 5.75 Å². The zero-order valence-electron chi connectivity index (χ0n) is 10.9. The van der Waals surface area contributed by atoms with Crippen molar-refractivity contribution < 1.29 is 4.74 Å². The lowest BCUT2D eigenvalue weighted by Crippen LogP contribution is -2.18. The Bertz CT molecular complexity index is 363. The van der Waals surface area contributed by atoms with Crippen molar-refractivity contribution in [3.8, 4) is 5.75 Å². The van der Waals surface area contributed by atoms with Crippen LogP contribution >= 0.6 is 11.6 Å². The molecule has 0 aromatic heterocycles. The maximum Gasteiger partial charge on any atom is 0.122 e. The predicted molar refractivity (Wildman–Crippen MR) is 74.0 cm³/mol. The van der Waals surface area contributed by atoms with Gasteiger partial charge >= 0.3 is 0 Å². The lowest BCUT2D eigenvalue weighted by Gasteiger charge is -2.14. The summed E-state index contributed by atoms with van der Waals surface area (Å²) in [5.41, 5.74) is 8.07. The first kappa shape index (κ1) is 14.3. The SMILES string of the molecule is CCCCc1cc(OC)c(C[C@@H](C)N)cc1Cl. The van der Waals surface area contributed by atoms with E-state index in [0.29, 0.717) is 0 Å². The van der Waals surface area contributed by atoms with E-state index >= 15 is 0 Å². The van der Waals surface area contributed by atoms with E-state index in [1.54, 1.807) is 7.11 Å². The Hall–Kier alpha value is -0.730. The van der Waals surface area contributed by atoms with Gasteiger partial charge in [0, 0.05) is 11.1 Å². The third-order valence-corrected chi connectivity index (χ3v) is 3.14. The summed E-state index contributed by atoms with van der Waals surface area (Å²) in [7, 11) is 1.69. The first-order valence-corrected chi connectivity index (χ1v) is 6.57. The highest BCUT2D eigenvalue weighted by atomic mass is 35.5. The number of aryl methyl sites for hydroxylation is 1. The largest absolute Gasteiger partial charge is 0.496 e. The summed E-state index contributed by atoms with van der Waals surface area (Å²) in [6, 6.07) is 4.16. The molecule has 0 bridgehead atoms. The van der Waals surface area contributed by atoms with Crippen LogP contribution in [0.5, 0.6) is 5.75 Å². The molecule has 96 valence electrons. The number of ether oxygens (including phenoxy) is 1. The molecule has 0 aliphatic rings. The summed E-state index contributed by atoms with van der Waals surface area (Å²) >= 11 is 6.28. The Balaban J connectivity index is 2.97. The number of methoxy groups -OCH3 is 1. The third kappa shape index (κ3) is 4.21. The van der Waals surface area contributed by atoms with E-state index in [2.05, 4.69) is 13.0 Å². The summed E-state index contributed by atoms with van der Waals surface area (Å²) in [5.74, 6) is 0.901. The van der Waals surface area contributed by atoms with Gasteiger partial charge in [-0.3, -0.25) is 0 Å². The highest BCUT2D eigenvalue weighted by Gasteiger charge is 2.10. The Kier molecular flexibility index (Phi) is 5.79. The zero-order valence-corrected chi connectivity index (χ0v) is 11.7. The van der Waals surface area contributed by atoms with Gasteiger partial charge in [0.15, 0.2) is 0 Å². The second kappa shape index (κ2) is 6.87. The molecule has 0 spiro atoms. The number of hydrogen-bond donors (Lipinski definition) is 1. The molecule has 0 heterocycles. The maximum atomic E-state index is 6.28. The van der Waals surface area contributed by atoms with Gasteiger partial charge in [-0.15, -0.1) is 0 Å². The monoisotopic (exact) mass is 255 g/mol. The number of halogens is 1. The van der Waals surface area contributed by atoms with Crippen molar-refractivity contribution in [1.82, 2.24) is 0 Å². The molecule has 0 saturated heterocycles. The molecule has 1 aromatic rings. The highest BCUT2D eigenvalue weighted by molar-refractivity contribution is 6.31. The van der Waals surface area contributed by atoms with E-state index in [1.165, 1.54) is 12.0 Å². The number of unbranched alkanes of at least 4 members (excludes halogenated alkanes) is 1.